The van der Waals surface area contributed by atoms with Gasteiger partial charge in [0, 0.05) is 16.0 Å². The molecular formula is C23H22O2S. The molecule has 132 valence electrons. The molecule has 2 aromatic rings. The summed E-state index contributed by atoms with van der Waals surface area (Å²) in [6, 6.07) is 17.2. The topological polar surface area (TPSA) is 34.1 Å². The average molecular weight is 362 g/mol. The van der Waals surface area contributed by atoms with Gasteiger partial charge in [-0.05, 0) is 59.9 Å². The molecule has 0 radical (unpaired) electrons. The molecule has 0 amide bonds. The number of carbonyl (C=O) groups excluding carboxylic acids is 2. The molecule has 26 heavy (non-hydrogen) atoms. The molecule has 0 saturated carbocycles. The summed E-state index contributed by atoms with van der Waals surface area (Å²) in [6.45, 7) is 2.11. The zero-order valence-electron chi connectivity index (χ0n) is 14.9. The Bertz CT molecular complexity index is 832. The predicted molar refractivity (Wildman–Crippen MR) is 107 cm³/mol. The van der Waals surface area contributed by atoms with Gasteiger partial charge in [0.15, 0.2) is 5.78 Å². The second-order valence-corrected chi connectivity index (χ2v) is 7.69. The fraction of sp³-hybridized carbons (Fsp3) is 0.217. The Morgan fingerprint density at radius 1 is 1.00 bits per heavy atom. The summed E-state index contributed by atoms with van der Waals surface area (Å²) >= 11 is 1.75. The maximum Gasteiger partial charge on any atom is 0.193 e. The molecule has 2 nitrogen and oxygen atoms in total. The lowest BCUT2D eigenvalue weighted by atomic mass is 9.94. The van der Waals surface area contributed by atoms with E-state index in [0.717, 1.165) is 36.0 Å². The molecule has 0 fully saturated rings. The van der Waals surface area contributed by atoms with Crippen LogP contribution in [0.3, 0.4) is 0 Å². The van der Waals surface area contributed by atoms with Crippen molar-refractivity contribution in [3.8, 4) is 0 Å². The Kier molecular flexibility index (Phi) is 6.24. The van der Waals surface area contributed by atoms with Crippen LogP contribution in [0.15, 0.2) is 82.1 Å². The van der Waals surface area contributed by atoms with Crippen LogP contribution < -0.4 is 0 Å². The van der Waals surface area contributed by atoms with Crippen LogP contribution in [0.4, 0.5) is 0 Å². The molecule has 0 aromatic heterocycles. The van der Waals surface area contributed by atoms with Crippen molar-refractivity contribution in [1.82, 2.24) is 0 Å². The molecule has 3 heteroatoms. The highest BCUT2D eigenvalue weighted by atomic mass is 32.2. The van der Waals surface area contributed by atoms with Crippen molar-refractivity contribution in [2.75, 3.05) is 0 Å². The molecule has 1 unspecified atom stereocenters. The smallest absolute Gasteiger partial charge is 0.193 e. The van der Waals surface area contributed by atoms with Gasteiger partial charge in [0.25, 0.3) is 0 Å². The van der Waals surface area contributed by atoms with E-state index in [1.165, 1.54) is 4.91 Å². The zero-order chi connectivity index (χ0) is 18.4. The molecule has 3 rings (SSSR count). The molecule has 2 aromatic carbocycles. The highest BCUT2D eigenvalue weighted by Gasteiger charge is 2.13. The Morgan fingerprint density at radius 2 is 1.69 bits per heavy atom. The number of aldehydes is 1. The van der Waals surface area contributed by atoms with Crippen LogP contribution in [0.5, 0.6) is 0 Å². The van der Waals surface area contributed by atoms with Crippen molar-refractivity contribution < 1.29 is 9.59 Å². The average Bonchev–Trinajstić information content (AvgIpc) is 2.68. The van der Waals surface area contributed by atoms with E-state index in [0.29, 0.717) is 17.0 Å². The first-order valence-corrected chi connectivity index (χ1v) is 9.71. The number of allylic oxidation sites excluding steroid dienone is 4. The summed E-state index contributed by atoms with van der Waals surface area (Å²) in [5, 5.41) is 0. The molecule has 0 saturated heterocycles. The van der Waals surface area contributed by atoms with Gasteiger partial charge in [-0.25, -0.2) is 0 Å². The van der Waals surface area contributed by atoms with E-state index in [2.05, 4.69) is 13.0 Å². The number of rotatable bonds is 5. The molecular weight excluding hydrogens is 340 g/mol. The number of ketones is 1. The number of hydrogen-bond acceptors (Lipinski definition) is 3. The van der Waals surface area contributed by atoms with Crippen LogP contribution in [-0.2, 0) is 4.79 Å². The summed E-state index contributed by atoms with van der Waals surface area (Å²) in [5.41, 5.74) is 2.33. The fourth-order valence-corrected chi connectivity index (χ4v) is 3.97. The molecule has 1 aliphatic rings. The molecule has 0 heterocycles. The first kappa shape index (κ1) is 18.4. The molecule has 0 bridgehead atoms. The minimum atomic E-state index is 0.0488. The van der Waals surface area contributed by atoms with Gasteiger partial charge >= 0.3 is 0 Å². The van der Waals surface area contributed by atoms with Crippen LogP contribution in [0.1, 0.15) is 42.1 Å². The fourth-order valence-electron chi connectivity index (χ4n) is 2.99. The first-order valence-electron chi connectivity index (χ1n) is 8.89. The van der Waals surface area contributed by atoms with E-state index < -0.39 is 0 Å². The van der Waals surface area contributed by atoms with Gasteiger partial charge in [-0.3, -0.25) is 9.59 Å². The minimum absolute atomic E-state index is 0.0488. The molecule has 0 N–H and O–H groups in total. The van der Waals surface area contributed by atoms with Gasteiger partial charge in [-0.1, -0.05) is 61.2 Å². The standard InChI is InChI=1S/C23H22O2S/c1-17-10-13-21(9-5-8-20(17)16-24)26-22-14-11-19(12-15-22)23(25)18-6-3-2-4-7-18/h2-4,6-9,11-12,14-17H,5,10,13H2,1H3/b20-8?,21-9+. The lowest BCUT2D eigenvalue weighted by molar-refractivity contribution is -0.105. The van der Waals surface area contributed by atoms with Gasteiger partial charge in [0.1, 0.15) is 6.29 Å². The van der Waals surface area contributed by atoms with Gasteiger partial charge in [-0.15, -0.1) is 0 Å². The molecule has 0 spiro atoms. The van der Waals surface area contributed by atoms with E-state index in [-0.39, 0.29) is 5.78 Å². The second-order valence-electron chi connectivity index (χ2n) is 6.49. The van der Waals surface area contributed by atoms with E-state index in [9.17, 15) is 9.59 Å². The minimum Gasteiger partial charge on any atom is -0.298 e. The maximum absolute atomic E-state index is 12.5. The van der Waals surface area contributed by atoms with E-state index >= 15 is 0 Å². The second kappa shape index (κ2) is 8.81. The monoisotopic (exact) mass is 362 g/mol. The predicted octanol–water partition coefficient (Wildman–Crippen LogP) is 5.84. The van der Waals surface area contributed by atoms with E-state index in [1.807, 2.05) is 60.7 Å². The number of carbonyl (C=O) groups is 2. The first-order chi connectivity index (χ1) is 12.7. The Labute approximate surface area is 159 Å². The van der Waals surface area contributed by atoms with Gasteiger partial charge in [0.05, 0.1) is 0 Å². The number of thioether (sulfide) groups is 1. The lowest BCUT2D eigenvalue weighted by Gasteiger charge is -2.16. The molecule has 0 aliphatic heterocycles. The summed E-state index contributed by atoms with van der Waals surface area (Å²) in [7, 11) is 0. The number of hydrogen-bond donors (Lipinski definition) is 0. The summed E-state index contributed by atoms with van der Waals surface area (Å²) in [4.78, 5) is 26.0. The summed E-state index contributed by atoms with van der Waals surface area (Å²) in [5.74, 6) is 0.357. The lowest BCUT2D eigenvalue weighted by Crippen LogP contribution is -2.03. The quantitative estimate of drug-likeness (QED) is 0.495. The van der Waals surface area contributed by atoms with E-state index in [4.69, 9.17) is 0 Å². The Balaban J connectivity index is 1.68. The van der Waals surface area contributed by atoms with Crippen molar-refractivity contribution in [3.05, 3.63) is 88.4 Å². The third-order valence-corrected chi connectivity index (χ3v) is 5.77. The third kappa shape index (κ3) is 4.61. The summed E-state index contributed by atoms with van der Waals surface area (Å²) in [6.07, 6.45) is 7.96. The Hall–Kier alpha value is -2.39. The highest BCUT2D eigenvalue weighted by Crippen LogP contribution is 2.33. The maximum atomic E-state index is 12.5. The molecule has 1 aliphatic carbocycles. The van der Waals surface area contributed by atoms with Crippen LogP contribution in [0.2, 0.25) is 0 Å². The van der Waals surface area contributed by atoms with Gasteiger partial charge in [-0.2, -0.15) is 0 Å². The van der Waals surface area contributed by atoms with Crippen LogP contribution in [0, 0.1) is 5.92 Å². The normalized spacial score (nSPS) is 19.5. The van der Waals surface area contributed by atoms with Crippen molar-refractivity contribution >= 4 is 23.8 Å². The number of benzene rings is 2. The zero-order valence-corrected chi connectivity index (χ0v) is 15.7. The van der Waals surface area contributed by atoms with Crippen molar-refractivity contribution in [2.24, 2.45) is 5.92 Å². The SMILES string of the molecule is CC1CC/C(Sc2ccc(C(=O)c3ccccc3)cc2)=C\CC=C1C=O. The van der Waals surface area contributed by atoms with E-state index in [1.54, 1.807) is 11.8 Å². The van der Waals surface area contributed by atoms with Gasteiger partial charge in [0.2, 0.25) is 0 Å². The largest absolute Gasteiger partial charge is 0.298 e. The van der Waals surface area contributed by atoms with Crippen molar-refractivity contribution in [1.29, 1.82) is 0 Å². The van der Waals surface area contributed by atoms with Crippen LogP contribution in [0.25, 0.3) is 0 Å². The van der Waals surface area contributed by atoms with Crippen LogP contribution in [-0.4, -0.2) is 12.1 Å². The van der Waals surface area contributed by atoms with Crippen molar-refractivity contribution in [2.45, 2.75) is 31.1 Å². The van der Waals surface area contributed by atoms with Gasteiger partial charge < -0.3 is 0 Å². The van der Waals surface area contributed by atoms with Crippen molar-refractivity contribution in [3.63, 3.8) is 0 Å². The van der Waals surface area contributed by atoms with Crippen LogP contribution >= 0.6 is 11.8 Å². The summed E-state index contributed by atoms with van der Waals surface area (Å²) < 4.78 is 0. The highest BCUT2D eigenvalue weighted by molar-refractivity contribution is 8.03. The molecule has 1 atom stereocenters. The Morgan fingerprint density at radius 3 is 2.38 bits per heavy atom. The third-order valence-electron chi connectivity index (χ3n) is 4.63.